The number of rotatable bonds is 3. The summed E-state index contributed by atoms with van der Waals surface area (Å²) in [5.74, 6) is 0. The Morgan fingerprint density at radius 3 is 3.00 bits per heavy atom. The SMILES string of the molecule is NCC(N)Cc1c[nH]cn1. The number of imidazole rings is 1. The summed E-state index contributed by atoms with van der Waals surface area (Å²) in [4.78, 5) is 6.86. The van der Waals surface area contributed by atoms with E-state index >= 15 is 0 Å². The maximum atomic E-state index is 5.59. The summed E-state index contributed by atoms with van der Waals surface area (Å²) in [6.07, 6.45) is 4.22. The first kappa shape index (κ1) is 7.24. The van der Waals surface area contributed by atoms with Crippen LogP contribution in [0.4, 0.5) is 0 Å². The molecule has 0 fully saturated rings. The zero-order valence-electron chi connectivity index (χ0n) is 5.75. The summed E-state index contributed by atoms with van der Waals surface area (Å²) in [7, 11) is 0. The van der Waals surface area contributed by atoms with Crippen LogP contribution >= 0.6 is 0 Å². The van der Waals surface area contributed by atoms with Gasteiger partial charge in [-0.25, -0.2) is 4.98 Å². The third-order valence-electron chi connectivity index (χ3n) is 1.33. The molecule has 10 heavy (non-hydrogen) atoms. The molecule has 0 aliphatic carbocycles. The molecule has 0 radical (unpaired) electrons. The van der Waals surface area contributed by atoms with Crippen molar-refractivity contribution in [3.05, 3.63) is 18.2 Å². The van der Waals surface area contributed by atoms with E-state index in [0.717, 1.165) is 12.1 Å². The molecular weight excluding hydrogens is 128 g/mol. The third-order valence-corrected chi connectivity index (χ3v) is 1.33. The van der Waals surface area contributed by atoms with Crippen molar-refractivity contribution in [2.75, 3.05) is 6.54 Å². The van der Waals surface area contributed by atoms with E-state index in [2.05, 4.69) is 9.97 Å². The van der Waals surface area contributed by atoms with Crippen molar-refractivity contribution in [2.45, 2.75) is 12.5 Å². The van der Waals surface area contributed by atoms with E-state index in [1.807, 2.05) is 6.20 Å². The molecule has 1 heterocycles. The molecule has 4 nitrogen and oxygen atoms in total. The van der Waals surface area contributed by atoms with Crippen LogP contribution in [0.3, 0.4) is 0 Å². The number of H-pyrrole nitrogens is 1. The van der Waals surface area contributed by atoms with E-state index in [4.69, 9.17) is 11.5 Å². The van der Waals surface area contributed by atoms with Crippen LogP contribution in [0.1, 0.15) is 5.69 Å². The second kappa shape index (κ2) is 3.34. The minimum atomic E-state index is 0.0308. The molecule has 0 spiro atoms. The van der Waals surface area contributed by atoms with Crippen molar-refractivity contribution in [3.8, 4) is 0 Å². The van der Waals surface area contributed by atoms with Crippen LogP contribution in [0, 0.1) is 0 Å². The van der Waals surface area contributed by atoms with E-state index in [9.17, 15) is 0 Å². The van der Waals surface area contributed by atoms with Crippen LogP contribution < -0.4 is 11.5 Å². The lowest BCUT2D eigenvalue weighted by Gasteiger charge is -2.03. The highest BCUT2D eigenvalue weighted by molar-refractivity contribution is 4.96. The number of nitrogens with one attached hydrogen (secondary N) is 1. The predicted octanol–water partition coefficient (Wildman–Crippen LogP) is -0.762. The smallest absolute Gasteiger partial charge is 0.0923 e. The minimum absolute atomic E-state index is 0.0308. The van der Waals surface area contributed by atoms with Gasteiger partial charge < -0.3 is 16.5 Å². The lowest BCUT2D eigenvalue weighted by molar-refractivity contribution is 0.669. The molecule has 56 valence electrons. The molecule has 1 rings (SSSR count). The van der Waals surface area contributed by atoms with Crippen LogP contribution in [0.2, 0.25) is 0 Å². The van der Waals surface area contributed by atoms with Crippen LogP contribution in [0.5, 0.6) is 0 Å². The Kier molecular flexibility index (Phi) is 2.42. The van der Waals surface area contributed by atoms with Crippen molar-refractivity contribution >= 4 is 0 Å². The summed E-state index contributed by atoms with van der Waals surface area (Å²) >= 11 is 0. The summed E-state index contributed by atoms with van der Waals surface area (Å²) in [6, 6.07) is 0.0308. The zero-order valence-corrected chi connectivity index (χ0v) is 5.75. The second-order valence-electron chi connectivity index (χ2n) is 2.26. The molecule has 1 aromatic rings. The van der Waals surface area contributed by atoms with Crippen molar-refractivity contribution in [2.24, 2.45) is 11.5 Å². The van der Waals surface area contributed by atoms with Crippen LogP contribution in [-0.2, 0) is 6.42 Å². The topological polar surface area (TPSA) is 80.7 Å². The van der Waals surface area contributed by atoms with Gasteiger partial charge in [-0.3, -0.25) is 0 Å². The molecule has 5 N–H and O–H groups in total. The lowest BCUT2D eigenvalue weighted by atomic mass is 10.2. The summed E-state index contributed by atoms with van der Waals surface area (Å²) in [6.45, 7) is 0.507. The van der Waals surface area contributed by atoms with Gasteiger partial charge in [0, 0.05) is 25.2 Å². The highest BCUT2D eigenvalue weighted by atomic mass is 14.9. The molecule has 0 saturated heterocycles. The Balaban J connectivity index is 2.40. The van der Waals surface area contributed by atoms with Crippen molar-refractivity contribution < 1.29 is 0 Å². The monoisotopic (exact) mass is 140 g/mol. The van der Waals surface area contributed by atoms with Crippen LogP contribution in [0.25, 0.3) is 0 Å². The standard InChI is InChI=1S/C6H12N4/c7-2-5(8)1-6-3-9-4-10-6/h3-5H,1-2,7-8H2,(H,9,10). The zero-order chi connectivity index (χ0) is 7.40. The van der Waals surface area contributed by atoms with Crippen molar-refractivity contribution in [1.29, 1.82) is 0 Å². The van der Waals surface area contributed by atoms with Crippen LogP contribution in [0.15, 0.2) is 12.5 Å². The third kappa shape index (κ3) is 1.82. The fourth-order valence-corrected chi connectivity index (χ4v) is 0.755. The number of nitrogens with two attached hydrogens (primary N) is 2. The highest BCUT2D eigenvalue weighted by Gasteiger charge is 2.01. The normalized spacial score (nSPS) is 13.4. The van der Waals surface area contributed by atoms with Gasteiger partial charge in [0.05, 0.1) is 12.0 Å². The van der Waals surface area contributed by atoms with Crippen molar-refractivity contribution in [3.63, 3.8) is 0 Å². The molecule has 0 saturated carbocycles. The van der Waals surface area contributed by atoms with E-state index in [1.165, 1.54) is 0 Å². The lowest BCUT2D eigenvalue weighted by Crippen LogP contribution is -2.31. The maximum Gasteiger partial charge on any atom is 0.0923 e. The molecule has 4 heteroatoms. The number of nitrogens with zero attached hydrogens (tertiary/aromatic N) is 1. The van der Waals surface area contributed by atoms with Gasteiger partial charge in [-0.05, 0) is 0 Å². The molecule has 1 unspecified atom stereocenters. The van der Waals surface area contributed by atoms with Gasteiger partial charge in [-0.15, -0.1) is 0 Å². The van der Waals surface area contributed by atoms with E-state index in [0.29, 0.717) is 6.54 Å². The van der Waals surface area contributed by atoms with Gasteiger partial charge in [0.1, 0.15) is 0 Å². The molecule has 0 bridgehead atoms. The van der Waals surface area contributed by atoms with E-state index in [-0.39, 0.29) is 6.04 Å². The fourth-order valence-electron chi connectivity index (χ4n) is 0.755. The minimum Gasteiger partial charge on any atom is -0.351 e. The van der Waals surface area contributed by atoms with Gasteiger partial charge in [-0.2, -0.15) is 0 Å². The first-order chi connectivity index (χ1) is 4.83. The molecule has 1 aromatic heterocycles. The fraction of sp³-hybridized carbons (Fsp3) is 0.500. The molecular formula is C6H12N4. The largest absolute Gasteiger partial charge is 0.351 e. The quantitative estimate of drug-likeness (QED) is 0.516. The Hall–Kier alpha value is -0.870. The van der Waals surface area contributed by atoms with Gasteiger partial charge in [-0.1, -0.05) is 0 Å². The average molecular weight is 140 g/mol. The Bertz CT molecular complexity index is 170. The van der Waals surface area contributed by atoms with Gasteiger partial charge >= 0.3 is 0 Å². The molecule has 0 aromatic carbocycles. The first-order valence-corrected chi connectivity index (χ1v) is 3.26. The highest BCUT2D eigenvalue weighted by Crippen LogP contribution is 1.93. The van der Waals surface area contributed by atoms with Crippen molar-refractivity contribution in [1.82, 2.24) is 9.97 Å². The summed E-state index contributed by atoms with van der Waals surface area (Å²) < 4.78 is 0. The molecule has 0 aliphatic rings. The number of hydrogen-bond acceptors (Lipinski definition) is 3. The number of aromatic amines is 1. The van der Waals surface area contributed by atoms with Gasteiger partial charge in [0.25, 0.3) is 0 Å². The number of aromatic nitrogens is 2. The summed E-state index contributed by atoms with van der Waals surface area (Å²) in [5.41, 5.74) is 11.9. The van der Waals surface area contributed by atoms with E-state index in [1.54, 1.807) is 6.33 Å². The van der Waals surface area contributed by atoms with E-state index < -0.39 is 0 Å². The Labute approximate surface area is 59.6 Å². The molecule has 0 amide bonds. The molecule has 0 aliphatic heterocycles. The summed E-state index contributed by atoms with van der Waals surface area (Å²) in [5, 5.41) is 0. The second-order valence-corrected chi connectivity index (χ2v) is 2.26. The molecule has 1 atom stereocenters. The Morgan fingerprint density at radius 2 is 2.50 bits per heavy atom. The first-order valence-electron chi connectivity index (χ1n) is 3.26. The predicted molar refractivity (Wildman–Crippen MR) is 39.3 cm³/mol. The van der Waals surface area contributed by atoms with Gasteiger partial charge in [0.15, 0.2) is 0 Å². The Morgan fingerprint density at radius 1 is 1.70 bits per heavy atom. The number of hydrogen-bond donors (Lipinski definition) is 3. The maximum absolute atomic E-state index is 5.59. The van der Waals surface area contributed by atoms with Gasteiger partial charge in [0.2, 0.25) is 0 Å². The average Bonchev–Trinajstić information content (AvgIpc) is 2.40. The van der Waals surface area contributed by atoms with Crippen LogP contribution in [-0.4, -0.2) is 22.6 Å².